The second-order valence-electron chi connectivity index (χ2n) is 23.4. The Labute approximate surface area is 327 Å². The molecule has 0 N–H and O–H groups in total. The Morgan fingerprint density at radius 3 is 0.550 bits per heavy atom. The van der Waals surface area contributed by atoms with Crippen molar-refractivity contribution in [3.63, 3.8) is 0 Å². The first-order valence-electron chi connectivity index (χ1n) is 23.1. The number of hydrogen-bond donors (Lipinski definition) is 0. The van der Waals surface area contributed by atoms with Crippen molar-refractivity contribution < 1.29 is 0 Å². The highest BCUT2D eigenvalue weighted by Crippen LogP contribution is 2.85. The van der Waals surface area contributed by atoms with E-state index in [1.807, 2.05) is 83.5 Å². The second kappa shape index (κ2) is 4.49. The quantitative estimate of drug-likeness (QED) is 0.108. The van der Waals surface area contributed by atoms with Crippen molar-refractivity contribution in [1.29, 1.82) is 0 Å². The molecule has 0 saturated carbocycles. The van der Waals surface area contributed by atoms with Crippen LogP contribution in [0.5, 0.6) is 0 Å². The first kappa shape index (κ1) is 20.7. The van der Waals surface area contributed by atoms with E-state index in [9.17, 15) is 0 Å². The van der Waals surface area contributed by atoms with Crippen molar-refractivity contribution in [1.82, 2.24) is 0 Å². The fourth-order valence-corrected chi connectivity index (χ4v) is 24.0. The molecule has 32 rings (SSSR count). The van der Waals surface area contributed by atoms with E-state index in [0.717, 1.165) is 0 Å². The van der Waals surface area contributed by atoms with E-state index in [1.54, 1.807) is 215 Å². The monoisotopic (exact) mass is 725 g/mol. The number of hydrogen-bond acceptors (Lipinski definition) is 0. The van der Waals surface area contributed by atoms with Gasteiger partial charge >= 0.3 is 0 Å². The van der Waals surface area contributed by atoms with Gasteiger partial charge in [0.15, 0.2) is 0 Å². The zero-order chi connectivity index (χ0) is 34.6. The topological polar surface area (TPSA) is 0 Å². The maximum Gasteiger partial charge on any atom is 0.0134 e. The van der Waals surface area contributed by atoms with Crippen molar-refractivity contribution in [3.05, 3.63) is 83.5 Å². The first-order chi connectivity index (χ1) is 30.0. The molecule has 246 valence electrons. The molecule has 0 heteroatoms. The van der Waals surface area contributed by atoms with Crippen molar-refractivity contribution in [2.45, 2.75) is 29.6 Å². The molecule has 0 bridgehead atoms. The molecule has 0 fully saturated rings. The summed E-state index contributed by atoms with van der Waals surface area (Å²) < 4.78 is 0. The van der Waals surface area contributed by atoms with Crippen LogP contribution in [0.2, 0.25) is 0 Å². The Hall–Kier alpha value is -7.15. The molecule has 0 nitrogen and oxygen atoms in total. The molecular weight excluding hydrogens is 721 g/mol. The summed E-state index contributed by atoms with van der Waals surface area (Å²) in [6.07, 6.45) is 0. The van der Waals surface area contributed by atoms with Gasteiger partial charge in [-0.3, -0.25) is 0 Å². The van der Waals surface area contributed by atoms with Gasteiger partial charge in [0.2, 0.25) is 0 Å². The molecule has 22 aromatic rings. The van der Waals surface area contributed by atoms with Gasteiger partial charge in [0.25, 0.3) is 0 Å². The van der Waals surface area contributed by atoms with Crippen molar-refractivity contribution in [3.8, 4) is 0 Å². The summed E-state index contributed by atoms with van der Waals surface area (Å²) in [4.78, 5) is 0. The molecule has 0 aliphatic heterocycles. The molecule has 0 aromatic heterocycles. The molecule has 10 aliphatic carbocycles. The Balaban J connectivity index is 1.27. The van der Waals surface area contributed by atoms with Gasteiger partial charge in [0, 0.05) is 11.8 Å². The molecule has 0 radical (unpaired) electrons. The largest absolute Gasteiger partial charge is 0.179 e. The van der Waals surface area contributed by atoms with Gasteiger partial charge in [-0.15, -0.1) is 16.7 Å². The molecule has 0 heterocycles. The van der Waals surface area contributed by atoms with E-state index in [1.165, 1.54) is 0 Å². The Bertz CT molecular complexity index is 5160. The number of benzene rings is 15. The third-order valence-electron chi connectivity index (χ3n) is 23.7. The third-order valence-corrected chi connectivity index (χ3v) is 23.7. The van der Waals surface area contributed by atoms with Gasteiger partial charge < -0.3 is 0 Å². The summed E-state index contributed by atoms with van der Waals surface area (Å²) in [5.74, 6) is 2.06. The molecule has 22 aromatic carbocycles. The average molecular weight is 726 g/mol. The fourth-order valence-electron chi connectivity index (χ4n) is 24.0. The predicted molar refractivity (Wildman–Crippen MR) is 245 cm³/mol. The van der Waals surface area contributed by atoms with Gasteiger partial charge in [-0.1, -0.05) is 0 Å². The van der Waals surface area contributed by atoms with E-state index in [-0.39, 0.29) is 0 Å². The van der Waals surface area contributed by atoms with Crippen molar-refractivity contribution in [2.24, 2.45) is 0 Å². The van der Waals surface area contributed by atoms with Crippen LogP contribution in [-0.2, 0) is 0 Å². The zero-order valence-corrected chi connectivity index (χ0v) is 30.4. The summed E-state index contributed by atoms with van der Waals surface area (Å²) in [7, 11) is 0. The third kappa shape index (κ3) is 1.01. The van der Waals surface area contributed by atoms with Gasteiger partial charge in [0.05, 0.1) is 0 Å². The second-order valence-corrected chi connectivity index (χ2v) is 23.4. The SMILES string of the molecule is c12c3c4[c-]5c1C1c6c7c8c9c(c%10c%11c%12c(c%13c%14c%15c(c%16c%17c%18c(c1c1c6c6c8c8c%19c9c%11c9c%11c%12c%14c%12c%14c%15c%17c%15c%17c%18c1c1c6c8c6c(c%199)c(c%11%12)c(c%14%15)c6c1%17)C%165)C%134)C3%10)C27. The number of rotatable bonds is 0. The average Bonchev–Trinajstić information content (AvgIpc) is 4.09. The molecule has 60 heavy (non-hydrogen) atoms. The normalized spacial score (nSPS) is 25.5. The van der Waals surface area contributed by atoms with Crippen LogP contribution in [0.25, 0.3) is 215 Å². The highest BCUT2D eigenvalue weighted by atomic mass is 14.7. The van der Waals surface area contributed by atoms with Crippen LogP contribution in [0.3, 0.4) is 0 Å². The van der Waals surface area contributed by atoms with Gasteiger partial charge in [-0.05, 0) is 289 Å². The minimum Gasteiger partial charge on any atom is -0.179 e. The molecule has 0 spiro atoms. The first-order valence-corrected chi connectivity index (χ1v) is 23.1. The van der Waals surface area contributed by atoms with E-state index >= 15 is 0 Å². The standard InChI is InChI=1S/C60H5/c1-2-5-6-3(1)8-12-10-4(1)9-11-7(2)17-21-13(5)23-24-14(6)22-18(8)28-20(12)30-26-16(10)15(9)25-29-19(11)27(17)37-41-31(21)33(23)43-44-34(24)32(22)42-38(28)48-40(30)46-36(26)35(25)45-39(29)47(37)55-49(41)51(43)57-52(44)50(42)56(48)59-54(46)53(45)58(55)60(57)59/h1,11-12,25-26H/q-1. The van der Waals surface area contributed by atoms with E-state index < -0.39 is 0 Å². The van der Waals surface area contributed by atoms with E-state index in [2.05, 4.69) is 0 Å². The Morgan fingerprint density at radius 1 is 0.150 bits per heavy atom. The van der Waals surface area contributed by atoms with Crippen LogP contribution in [0, 0.1) is 0 Å². The lowest BCUT2D eigenvalue weighted by atomic mass is 9.63. The van der Waals surface area contributed by atoms with Crippen molar-refractivity contribution in [2.75, 3.05) is 0 Å². The fraction of sp³-hybridized carbons (Fsp3) is 0.0833. The van der Waals surface area contributed by atoms with Crippen molar-refractivity contribution >= 4 is 215 Å². The lowest BCUT2D eigenvalue weighted by molar-refractivity contribution is 0.782. The van der Waals surface area contributed by atoms with Crippen LogP contribution < -0.4 is 0 Å². The van der Waals surface area contributed by atoms with Gasteiger partial charge in [-0.25, -0.2) is 0 Å². The van der Waals surface area contributed by atoms with E-state index in [4.69, 9.17) is 0 Å². The maximum absolute atomic E-state index is 1.87. The molecule has 0 unspecified atom stereocenters. The lowest BCUT2D eigenvalue weighted by Gasteiger charge is -2.45. The summed E-state index contributed by atoms with van der Waals surface area (Å²) in [6.45, 7) is 0. The van der Waals surface area contributed by atoms with Gasteiger partial charge in [0.1, 0.15) is 0 Å². The molecular formula is C60H5-. The summed E-state index contributed by atoms with van der Waals surface area (Å²) in [6, 6.07) is 0. The molecule has 0 saturated heterocycles. The summed E-state index contributed by atoms with van der Waals surface area (Å²) in [5, 5.41) is 68.8. The van der Waals surface area contributed by atoms with Crippen LogP contribution in [0.15, 0.2) is 0 Å². The van der Waals surface area contributed by atoms with Crippen LogP contribution in [-0.4, -0.2) is 0 Å². The highest BCUT2D eigenvalue weighted by molar-refractivity contribution is 6.77. The van der Waals surface area contributed by atoms with E-state index in [0.29, 0.717) is 29.6 Å². The van der Waals surface area contributed by atoms with Crippen LogP contribution in [0.4, 0.5) is 0 Å². The van der Waals surface area contributed by atoms with Crippen LogP contribution in [0.1, 0.15) is 113 Å². The summed E-state index contributed by atoms with van der Waals surface area (Å²) >= 11 is 0. The Morgan fingerprint density at radius 2 is 0.317 bits per heavy atom. The Kier molecular flexibility index (Phi) is 1.55. The lowest BCUT2D eigenvalue weighted by Crippen LogP contribution is -2.25. The van der Waals surface area contributed by atoms with Crippen LogP contribution >= 0.6 is 0 Å². The molecule has 10 aliphatic rings. The highest BCUT2D eigenvalue weighted by Gasteiger charge is 2.62. The predicted octanol–water partition coefficient (Wildman–Crippen LogP) is 15.1. The molecule has 0 amide bonds. The minimum absolute atomic E-state index is 0.411. The summed E-state index contributed by atoms with van der Waals surface area (Å²) in [5.41, 5.74) is 27.5. The maximum atomic E-state index is 1.87. The smallest absolute Gasteiger partial charge is 0.0134 e. The zero-order valence-electron chi connectivity index (χ0n) is 30.4. The molecule has 0 atom stereocenters. The minimum atomic E-state index is 0.411. The van der Waals surface area contributed by atoms with Gasteiger partial charge in [-0.2, -0.15) is 11.1 Å².